The van der Waals surface area contributed by atoms with Crippen molar-refractivity contribution in [2.75, 3.05) is 6.61 Å². The van der Waals surface area contributed by atoms with Gasteiger partial charge in [0.25, 0.3) is 5.91 Å². The van der Waals surface area contributed by atoms with E-state index in [1.807, 2.05) is 30.3 Å². The molecule has 0 fully saturated rings. The highest BCUT2D eigenvalue weighted by Crippen LogP contribution is 2.24. The highest BCUT2D eigenvalue weighted by atomic mass is 35.5. The minimum absolute atomic E-state index is 0.115. The quantitative estimate of drug-likeness (QED) is 0.248. The Kier molecular flexibility index (Phi) is 6.71. The number of benzene rings is 3. The minimum Gasteiger partial charge on any atom is -0.480 e. The third-order valence-corrected chi connectivity index (χ3v) is 4.97. The molecule has 0 unspecified atom stereocenters. The molecule has 1 amide bonds. The van der Waals surface area contributed by atoms with Crippen LogP contribution in [0.4, 0.5) is 0 Å². The molecule has 1 N–H and O–H groups in total. The van der Waals surface area contributed by atoms with Crippen LogP contribution in [-0.4, -0.2) is 18.5 Å². The highest BCUT2D eigenvalue weighted by molar-refractivity contribution is 6.32. The molecule has 0 aliphatic rings. The van der Waals surface area contributed by atoms with Crippen LogP contribution in [0.25, 0.3) is 11.0 Å². The van der Waals surface area contributed by atoms with Crippen molar-refractivity contribution in [3.63, 3.8) is 0 Å². The van der Waals surface area contributed by atoms with Gasteiger partial charge in [0.15, 0.2) is 6.61 Å². The van der Waals surface area contributed by atoms with Gasteiger partial charge in [-0.3, -0.25) is 4.79 Å². The lowest BCUT2D eigenvalue weighted by atomic mass is 10.1. The fourth-order valence-electron chi connectivity index (χ4n) is 3.05. The average Bonchev–Trinajstić information content (AvgIpc) is 2.82. The molecule has 1 aromatic heterocycles. The number of fused-ring (bicyclic) bond motifs is 1. The van der Waals surface area contributed by atoms with E-state index in [2.05, 4.69) is 5.32 Å². The first-order chi connectivity index (χ1) is 16.0. The summed E-state index contributed by atoms with van der Waals surface area (Å²) in [5, 5.41) is 3.58. The summed E-state index contributed by atoms with van der Waals surface area (Å²) in [6.45, 7) is -0.0749. The van der Waals surface area contributed by atoms with Gasteiger partial charge < -0.3 is 19.2 Å². The van der Waals surface area contributed by atoms with E-state index in [4.69, 9.17) is 25.5 Å². The lowest BCUT2D eigenvalue weighted by Gasteiger charge is -2.09. The zero-order valence-corrected chi connectivity index (χ0v) is 18.0. The Morgan fingerprint density at radius 2 is 1.70 bits per heavy atom. The summed E-state index contributed by atoms with van der Waals surface area (Å²) in [6, 6.07) is 22.0. The molecular formula is C25H18ClNO6. The zero-order valence-electron chi connectivity index (χ0n) is 17.2. The molecule has 0 spiro atoms. The number of nitrogens with one attached hydrogen (secondary N) is 1. The van der Waals surface area contributed by atoms with Crippen molar-refractivity contribution >= 4 is 34.4 Å². The Hall–Kier alpha value is -4.10. The molecule has 0 saturated carbocycles. The molecule has 0 atom stereocenters. The molecule has 3 aromatic carbocycles. The molecule has 0 radical (unpaired) electrons. The summed E-state index contributed by atoms with van der Waals surface area (Å²) < 4.78 is 15.9. The lowest BCUT2D eigenvalue weighted by molar-refractivity contribution is -0.136. The monoisotopic (exact) mass is 463 g/mol. The first-order valence-corrected chi connectivity index (χ1v) is 10.4. The fraction of sp³-hybridized carbons (Fsp3) is 0.0800. The molecular weight excluding hydrogens is 446 g/mol. The SMILES string of the molecule is O=C(COc1ccccc1Cl)Oc1ccc2cc(C(=O)NCc3ccccc3)c(=O)oc2c1. The van der Waals surface area contributed by atoms with E-state index in [0.29, 0.717) is 16.2 Å². The smallest absolute Gasteiger partial charge is 0.349 e. The van der Waals surface area contributed by atoms with Gasteiger partial charge in [0, 0.05) is 18.0 Å². The predicted octanol–water partition coefficient (Wildman–Crippen LogP) is 4.36. The van der Waals surface area contributed by atoms with E-state index in [1.54, 1.807) is 30.3 Å². The van der Waals surface area contributed by atoms with Gasteiger partial charge in [-0.2, -0.15) is 0 Å². The largest absolute Gasteiger partial charge is 0.480 e. The highest BCUT2D eigenvalue weighted by Gasteiger charge is 2.15. The Morgan fingerprint density at radius 1 is 0.939 bits per heavy atom. The summed E-state index contributed by atoms with van der Waals surface area (Å²) >= 11 is 5.99. The molecule has 0 aliphatic carbocycles. The van der Waals surface area contributed by atoms with Crippen LogP contribution in [0, 0.1) is 0 Å². The van der Waals surface area contributed by atoms with E-state index in [-0.39, 0.29) is 30.0 Å². The molecule has 8 heteroatoms. The van der Waals surface area contributed by atoms with Crippen LogP contribution in [0.2, 0.25) is 5.02 Å². The van der Waals surface area contributed by atoms with Gasteiger partial charge in [-0.25, -0.2) is 9.59 Å². The molecule has 1 heterocycles. The van der Waals surface area contributed by atoms with Crippen LogP contribution in [0.5, 0.6) is 11.5 Å². The van der Waals surface area contributed by atoms with Gasteiger partial charge in [-0.05, 0) is 35.9 Å². The topological polar surface area (TPSA) is 94.8 Å². The van der Waals surface area contributed by atoms with Crippen LogP contribution in [0.3, 0.4) is 0 Å². The van der Waals surface area contributed by atoms with Gasteiger partial charge >= 0.3 is 11.6 Å². The zero-order chi connectivity index (χ0) is 23.2. The molecule has 0 aliphatic heterocycles. The molecule has 33 heavy (non-hydrogen) atoms. The first kappa shape index (κ1) is 22.1. The maximum atomic E-state index is 12.4. The number of carbonyl (C=O) groups is 2. The van der Waals surface area contributed by atoms with Crippen LogP contribution < -0.4 is 20.4 Å². The summed E-state index contributed by atoms with van der Waals surface area (Å²) in [7, 11) is 0. The van der Waals surface area contributed by atoms with Gasteiger partial charge in [0.05, 0.1) is 5.02 Å². The number of hydrogen-bond donors (Lipinski definition) is 1. The van der Waals surface area contributed by atoms with E-state index < -0.39 is 17.5 Å². The maximum absolute atomic E-state index is 12.4. The molecule has 7 nitrogen and oxygen atoms in total. The molecule has 166 valence electrons. The van der Waals surface area contributed by atoms with Crippen molar-refractivity contribution in [3.8, 4) is 11.5 Å². The number of ether oxygens (including phenoxy) is 2. The molecule has 4 rings (SSSR count). The van der Waals surface area contributed by atoms with Crippen molar-refractivity contribution in [1.29, 1.82) is 0 Å². The fourth-order valence-corrected chi connectivity index (χ4v) is 3.24. The van der Waals surface area contributed by atoms with E-state index >= 15 is 0 Å². The van der Waals surface area contributed by atoms with Crippen molar-refractivity contribution < 1.29 is 23.5 Å². The standard InChI is InChI=1S/C25H18ClNO6/c26-20-8-4-5-9-21(20)31-15-23(28)32-18-11-10-17-12-19(25(30)33-22(17)13-18)24(29)27-14-16-6-2-1-3-7-16/h1-13H,14-15H2,(H,27,29). The minimum atomic E-state index is -0.793. The lowest BCUT2D eigenvalue weighted by Crippen LogP contribution is -2.27. The van der Waals surface area contributed by atoms with Crippen molar-refractivity contribution in [2.45, 2.75) is 6.54 Å². The van der Waals surface area contributed by atoms with E-state index in [1.165, 1.54) is 18.2 Å². The second-order valence-corrected chi connectivity index (χ2v) is 7.42. The summed E-state index contributed by atoms with van der Waals surface area (Å²) in [5.74, 6) is -0.673. The van der Waals surface area contributed by atoms with Gasteiger partial charge in [0.1, 0.15) is 22.6 Å². The van der Waals surface area contributed by atoms with Crippen LogP contribution in [0.1, 0.15) is 15.9 Å². The Labute approximate surface area is 193 Å². The van der Waals surface area contributed by atoms with Gasteiger partial charge in [-0.1, -0.05) is 54.1 Å². The average molecular weight is 464 g/mol. The third-order valence-electron chi connectivity index (χ3n) is 4.66. The van der Waals surface area contributed by atoms with Crippen molar-refractivity contribution in [3.05, 3.63) is 105 Å². The number of amides is 1. The van der Waals surface area contributed by atoms with E-state index in [0.717, 1.165) is 5.56 Å². The van der Waals surface area contributed by atoms with Crippen LogP contribution in [0.15, 0.2) is 88.1 Å². The van der Waals surface area contributed by atoms with Gasteiger partial charge in [-0.15, -0.1) is 0 Å². The van der Waals surface area contributed by atoms with Crippen LogP contribution >= 0.6 is 11.6 Å². The van der Waals surface area contributed by atoms with Crippen molar-refractivity contribution in [1.82, 2.24) is 5.32 Å². The molecule has 0 saturated heterocycles. The summed E-state index contributed by atoms with van der Waals surface area (Å²) in [5.41, 5.74) is 0.174. The number of carbonyl (C=O) groups excluding carboxylic acids is 2. The Balaban J connectivity index is 1.42. The Morgan fingerprint density at radius 3 is 2.48 bits per heavy atom. The predicted molar refractivity (Wildman–Crippen MR) is 123 cm³/mol. The number of hydrogen-bond acceptors (Lipinski definition) is 6. The number of esters is 1. The number of halogens is 1. The third kappa shape index (κ3) is 5.58. The second kappa shape index (κ2) is 10.0. The van der Waals surface area contributed by atoms with Crippen molar-refractivity contribution in [2.24, 2.45) is 0 Å². The van der Waals surface area contributed by atoms with E-state index in [9.17, 15) is 14.4 Å². The van der Waals surface area contributed by atoms with Crippen LogP contribution in [-0.2, 0) is 11.3 Å². The molecule has 0 bridgehead atoms. The summed E-state index contributed by atoms with van der Waals surface area (Å²) in [6.07, 6.45) is 0. The summed E-state index contributed by atoms with van der Waals surface area (Å²) in [4.78, 5) is 36.9. The molecule has 4 aromatic rings. The number of para-hydroxylation sites is 1. The second-order valence-electron chi connectivity index (χ2n) is 7.01. The maximum Gasteiger partial charge on any atom is 0.349 e. The van der Waals surface area contributed by atoms with Gasteiger partial charge in [0.2, 0.25) is 0 Å². The normalized spacial score (nSPS) is 10.6. The Bertz CT molecular complexity index is 1370. The number of rotatable bonds is 7. The first-order valence-electron chi connectivity index (χ1n) is 9.97.